The molecule has 1 unspecified atom stereocenters. The van der Waals surface area contributed by atoms with E-state index in [0.29, 0.717) is 0 Å². The van der Waals surface area contributed by atoms with E-state index in [2.05, 4.69) is 37.2 Å². The molecule has 5 heteroatoms. The molecule has 0 radical (unpaired) electrons. The van der Waals surface area contributed by atoms with Gasteiger partial charge in [-0.3, -0.25) is 4.79 Å². The molecular formula is C9H10Br2N2O. The molecule has 0 aliphatic heterocycles. The average molecular weight is 322 g/mol. The molecule has 0 spiro atoms. The third-order valence-corrected chi connectivity index (χ3v) is 3.07. The maximum Gasteiger partial charge on any atom is 0.239 e. The Morgan fingerprint density at radius 2 is 1.93 bits per heavy atom. The molecule has 3 N–H and O–H groups in total. The number of primary amides is 1. The van der Waals surface area contributed by atoms with E-state index in [1.165, 1.54) is 0 Å². The van der Waals surface area contributed by atoms with Crippen LogP contribution >= 0.6 is 31.9 Å². The molecule has 0 saturated carbocycles. The van der Waals surface area contributed by atoms with Crippen LogP contribution in [0.25, 0.3) is 0 Å². The minimum atomic E-state index is -0.398. The van der Waals surface area contributed by atoms with Crippen LogP contribution in [-0.2, 0) is 4.79 Å². The molecule has 76 valence electrons. The summed E-state index contributed by atoms with van der Waals surface area (Å²) in [6.45, 7) is 1.72. The first-order valence-electron chi connectivity index (χ1n) is 4.02. The molecule has 14 heavy (non-hydrogen) atoms. The van der Waals surface area contributed by atoms with Crippen LogP contribution < -0.4 is 11.1 Å². The van der Waals surface area contributed by atoms with Crippen molar-refractivity contribution in [3.63, 3.8) is 0 Å². The molecule has 1 aromatic rings. The highest BCUT2D eigenvalue weighted by molar-refractivity contribution is 9.11. The predicted molar refractivity (Wildman–Crippen MR) is 64.1 cm³/mol. The summed E-state index contributed by atoms with van der Waals surface area (Å²) in [5.41, 5.74) is 5.98. The van der Waals surface area contributed by atoms with Crippen LogP contribution in [-0.4, -0.2) is 11.9 Å². The second-order valence-electron chi connectivity index (χ2n) is 2.87. The van der Waals surface area contributed by atoms with Crippen molar-refractivity contribution < 1.29 is 4.79 Å². The smallest absolute Gasteiger partial charge is 0.239 e. The number of hydrogen-bond donors (Lipinski definition) is 2. The molecule has 3 nitrogen and oxygen atoms in total. The predicted octanol–water partition coefficient (Wildman–Crippen LogP) is 2.50. The summed E-state index contributed by atoms with van der Waals surface area (Å²) in [7, 11) is 0. The van der Waals surface area contributed by atoms with Crippen LogP contribution in [0, 0.1) is 0 Å². The zero-order valence-corrected chi connectivity index (χ0v) is 10.7. The van der Waals surface area contributed by atoms with Gasteiger partial charge in [0.15, 0.2) is 0 Å². The van der Waals surface area contributed by atoms with Crippen molar-refractivity contribution in [1.29, 1.82) is 0 Å². The van der Waals surface area contributed by atoms with Gasteiger partial charge < -0.3 is 11.1 Å². The number of rotatable bonds is 3. The monoisotopic (exact) mass is 320 g/mol. The van der Waals surface area contributed by atoms with Crippen molar-refractivity contribution in [3.05, 3.63) is 27.1 Å². The normalized spacial score (nSPS) is 12.2. The third kappa shape index (κ3) is 2.72. The van der Waals surface area contributed by atoms with Crippen LogP contribution in [0.3, 0.4) is 0 Å². The highest BCUT2D eigenvalue weighted by Crippen LogP contribution is 2.30. The Hall–Kier alpha value is -0.550. The Bertz CT molecular complexity index is 334. The largest absolute Gasteiger partial charge is 0.372 e. The van der Waals surface area contributed by atoms with Crippen molar-refractivity contribution in [3.8, 4) is 0 Å². The number of benzene rings is 1. The van der Waals surface area contributed by atoms with Gasteiger partial charge in [-0.05, 0) is 50.9 Å². The van der Waals surface area contributed by atoms with Crippen molar-refractivity contribution in [1.82, 2.24) is 0 Å². The second-order valence-corrected chi connectivity index (χ2v) is 4.57. The number of hydrogen-bond acceptors (Lipinski definition) is 2. The molecule has 0 bridgehead atoms. The van der Waals surface area contributed by atoms with Crippen LogP contribution in [0.15, 0.2) is 27.1 Å². The van der Waals surface area contributed by atoms with Gasteiger partial charge in [-0.25, -0.2) is 0 Å². The fourth-order valence-corrected chi connectivity index (χ4v) is 2.15. The molecular weight excluding hydrogens is 312 g/mol. The van der Waals surface area contributed by atoms with E-state index >= 15 is 0 Å². The summed E-state index contributed by atoms with van der Waals surface area (Å²) in [5.74, 6) is -0.382. The summed E-state index contributed by atoms with van der Waals surface area (Å²) < 4.78 is 1.78. The summed E-state index contributed by atoms with van der Waals surface area (Å²) in [6, 6.07) is 5.28. The maximum absolute atomic E-state index is 10.9. The quantitative estimate of drug-likeness (QED) is 0.898. The fraction of sp³-hybridized carbons (Fsp3) is 0.222. The second kappa shape index (κ2) is 4.79. The number of nitrogens with two attached hydrogens (primary N) is 1. The average Bonchev–Trinajstić information content (AvgIpc) is 2.11. The van der Waals surface area contributed by atoms with E-state index in [9.17, 15) is 4.79 Å². The summed E-state index contributed by atoms with van der Waals surface area (Å²) in [5, 5.41) is 3.01. The fourth-order valence-electron chi connectivity index (χ4n) is 0.923. The molecule has 1 aromatic carbocycles. The van der Waals surface area contributed by atoms with E-state index in [-0.39, 0.29) is 5.91 Å². The molecule has 0 fully saturated rings. The number of para-hydroxylation sites is 1. The number of amides is 1. The molecule has 0 aliphatic carbocycles. The lowest BCUT2D eigenvalue weighted by Gasteiger charge is -2.14. The van der Waals surface area contributed by atoms with Crippen LogP contribution in [0.1, 0.15) is 6.92 Å². The Kier molecular flexibility index (Phi) is 3.95. The first-order valence-corrected chi connectivity index (χ1v) is 5.61. The Balaban J connectivity index is 2.91. The zero-order chi connectivity index (χ0) is 10.7. The Morgan fingerprint density at radius 3 is 2.36 bits per heavy atom. The van der Waals surface area contributed by atoms with Gasteiger partial charge >= 0.3 is 0 Å². The van der Waals surface area contributed by atoms with Crippen molar-refractivity contribution in [2.75, 3.05) is 5.32 Å². The lowest BCUT2D eigenvalue weighted by atomic mass is 10.2. The Morgan fingerprint density at radius 1 is 1.43 bits per heavy atom. The van der Waals surface area contributed by atoms with Gasteiger partial charge in [-0.15, -0.1) is 0 Å². The van der Waals surface area contributed by atoms with Gasteiger partial charge in [-0.2, -0.15) is 0 Å². The van der Waals surface area contributed by atoms with Gasteiger partial charge in [0.05, 0.1) is 5.69 Å². The van der Waals surface area contributed by atoms with E-state index in [4.69, 9.17) is 5.73 Å². The van der Waals surface area contributed by atoms with Crippen LogP contribution in [0.2, 0.25) is 0 Å². The van der Waals surface area contributed by atoms with E-state index in [0.717, 1.165) is 14.6 Å². The molecule has 1 rings (SSSR count). The van der Waals surface area contributed by atoms with E-state index in [1.54, 1.807) is 6.92 Å². The molecule has 1 amide bonds. The topological polar surface area (TPSA) is 55.1 Å². The highest BCUT2D eigenvalue weighted by atomic mass is 79.9. The summed E-state index contributed by atoms with van der Waals surface area (Å²) in [6.07, 6.45) is 0. The van der Waals surface area contributed by atoms with E-state index < -0.39 is 6.04 Å². The minimum Gasteiger partial charge on any atom is -0.372 e. The van der Waals surface area contributed by atoms with Gasteiger partial charge in [0, 0.05) is 8.95 Å². The van der Waals surface area contributed by atoms with Crippen LogP contribution in [0.5, 0.6) is 0 Å². The molecule has 0 saturated heterocycles. The van der Waals surface area contributed by atoms with E-state index in [1.807, 2.05) is 18.2 Å². The molecule has 0 aromatic heterocycles. The molecule has 0 heterocycles. The van der Waals surface area contributed by atoms with Crippen LogP contribution in [0.4, 0.5) is 5.69 Å². The Labute approximate surface area is 99.3 Å². The number of carbonyl (C=O) groups is 1. The lowest BCUT2D eigenvalue weighted by molar-refractivity contribution is -0.118. The number of halogens is 2. The number of anilines is 1. The van der Waals surface area contributed by atoms with Gasteiger partial charge in [0.2, 0.25) is 5.91 Å². The number of nitrogens with one attached hydrogen (secondary N) is 1. The third-order valence-electron chi connectivity index (χ3n) is 1.75. The van der Waals surface area contributed by atoms with Crippen molar-refractivity contribution in [2.24, 2.45) is 5.73 Å². The summed E-state index contributed by atoms with van der Waals surface area (Å²) in [4.78, 5) is 10.9. The first kappa shape index (κ1) is 11.5. The molecule has 0 aliphatic rings. The summed E-state index contributed by atoms with van der Waals surface area (Å²) >= 11 is 6.76. The van der Waals surface area contributed by atoms with Gasteiger partial charge in [0.25, 0.3) is 0 Å². The lowest BCUT2D eigenvalue weighted by Crippen LogP contribution is -2.32. The van der Waals surface area contributed by atoms with Crippen molar-refractivity contribution in [2.45, 2.75) is 13.0 Å². The highest BCUT2D eigenvalue weighted by Gasteiger charge is 2.11. The maximum atomic E-state index is 10.9. The minimum absolute atomic E-state index is 0.382. The van der Waals surface area contributed by atoms with Gasteiger partial charge in [0.1, 0.15) is 6.04 Å². The number of carbonyl (C=O) groups excluding carboxylic acids is 1. The zero-order valence-electron chi connectivity index (χ0n) is 7.55. The SMILES string of the molecule is CC(Nc1c(Br)cccc1Br)C(N)=O. The standard InChI is InChI=1S/C9H10Br2N2O/c1-5(9(12)14)13-8-6(10)3-2-4-7(8)11/h2-5,13H,1H3,(H2,12,14). The van der Waals surface area contributed by atoms with Gasteiger partial charge in [-0.1, -0.05) is 6.07 Å². The van der Waals surface area contributed by atoms with Crippen molar-refractivity contribution >= 4 is 43.5 Å². The molecule has 1 atom stereocenters. The first-order chi connectivity index (χ1) is 6.52.